The van der Waals surface area contributed by atoms with Crippen LogP contribution in [-0.2, 0) is 32.7 Å². The minimum absolute atomic E-state index is 0.0297. The van der Waals surface area contributed by atoms with Crippen LogP contribution < -0.4 is 19.5 Å². The maximum absolute atomic E-state index is 12.7. The normalized spacial score (nSPS) is 28.8. The summed E-state index contributed by atoms with van der Waals surface area (Å²) >= 11 is 1.69. The van der Waals surface area contributed by atoms with Crippen molar-refractivity contribution in [1.29, 1.82) is 5.26 Å². The van der Waals surface area contributed by atoms with Crippen molar-refractivity contribution in [3.63, 3.8) is 0 Å². The number of thioether (sulfide) groups is 1. The smallest absolute Gasteiger partial charge is 0.321 e. The minimum atomic E-state index is -0.918. The summed E-state index contributed by atoms with van der Waals surface area (Å²) in [5.41, 5.74) is 8.34. The quantitative estimate of drug-likeness (QED) is 0.172. The number of nitrogens with one attached hydrogen (secondary N) is 2. The first-order valence-electron chi connectivity index (χ1n) is 18.9. The van der Waals surface area contributed by atoms with E-state index in [-0.39, 0.29) is 30.4 Å². The summed E-state index contributed by atoms with van der Waals surface area (Å²) in [6.45, 7) is 8.50. The molecule has 0 aliphatic carbocycles. The van der Waals surface area contributed by atoms with E-state index in [1.54, 1.807) is 18.9 Å². The van der Waals surface area contributed by atoms with Gasteiger partial charge in [0.1, 0.15) is 18.7 Å². The summed E-state index contributed by atoms with van der Waals surface area (Å²) in [5.74, 6) is 1.23. The number of fused-ring (bicyclic) bond motifs is 12. The molecule has 0 amide bonds. The molecule has 14 heteroatoms. The Bertz CT molecular complexity index is 2360. The number of aromatic nitrogens is 1. The van der Waals surface area contributed by atoms with E-state index in [4.69, 9.17) is 18.9 Å². The molecule has 292 valence electrons. The number of aromatic amines is 1. The van der Waals surface area contributed by atoms with E-state index in [0.717, 1.165) is 61.1 Å². The SMILES string of the molecule is COc1c(C)cc2c(c1O)[C@H]1[C@@H]3[C@H](SC[C@@]4(C)N[C@H](C(=O)O)Cc5c4[nH]c4ccccc54)c4c(C)c(C)c5c(c4[C@H](COC=O)N3[C@@H](C#N)[C@@H](C2)N1C)OCO5. The van der Waals surface area contributed by atoms with Gasteiger partial charge in [-0.1, -0.05) is 24.3 Å². The van der Waals surface area contributed by atoms with Crippen LogP contribution in [0.1, 0.15) is 74.5 Å². The van der Waals surface area contributed by atoms with Crippen molar-refractivity contribution in [1.82, 2.24) is 20.1 Å². The monoisotopic (exact) mass is 779 g/mol. The molecule has 0 radical (unpaired) electrons. The highest BCUT2D eigenvalue weighted by Gasteiger charge is 2.60. The number of H-pyrrole nitrogens is 1. The van der Waals surface area contributed by atoms with Gasteiger partial charge in [-0.3, -0.25) is 24.7 Å². The van der Waals surface area contributed by atoms with E-state index >= 15 is 0 Å². The molecule has 1 fully saturated rings. The van der Waals surface area contributed by atoms with E-state index < -0.39 is 41.7 Å². The van der Waals surface area contributed by atoms with Gasteiger partial charge in [0.05, 0.1) is 30.8 Å². The molecule has 5 aliphatic rings. The molecule has 4 aromatic rings. The van der Waals surface area contributed by atoms with Gasteiger partial charge in [-0.05, 0) is 80.6 Å². The van der Waals surface area contributed by atoms with Crippen LogP contribution >= 0.6 is 11.8 Å². The summed E-state index contributed by atoms with van der Waals surface area (Å²) < 4.78 is 23.7. The molecule has 1 saturated heterocycles. The van der Waals surface area contributed by atoms with Crippen LogP contribution in [0.2, 0.25) is 0 Å². The highest BCUT2D eigenvalue weighted by atomic mass is 32.2. The number of hydrogen-bond donors (Lipinski definition) is 4. The predicted octanol–water partition coefficient (Wildman–Crippen LogP) is 5.23. The number of phenolic OH excluding ortho intramolecular Hbond substituents is 1. The average Bonchev–Trinajstić information content (AvgIpc) is 3.82. The summed E-state index contributed by atoms with van der Waals surface area (Å²) in [6.07, 6.45) is 0.855. The van der Waals surface area contributed by atoms with Crippen molar-refractivity contribution in [2.45, 2.75) is 87.6 Å². The van der Waals surface area contributed by atoms with E-state index in [1.165, 1.54) is 0 Å². The van der Waals surface area contributed by atoms with Crippen molar-refractivity contribution >= 4 is 35.1 Å². The number of phenols is 1. The second kappa shape index (κ2) is 13.3. The van der Waals surface area contributed by atoms with Crippen molar-refractivity contribution in [2.75, 3.05) is 33.3 Å². The van der Waals surface area contributed by atoms with E-state index in [0.29, 0.717) is 42.3 Å². The van der Waals surface area contributed by atoms with Gasteiger partial charge in [0.25, 0.3) is 6.47 Å². The Hall–Kier alpha value is -4.94. The summed E-state index contributed by atoms with van der Waals surface area (Å²) in [5, 5.41) is 37.8. The Morgan fingerprint density at radius 1 is 1.14 bits per heavy atom. The predicted molar refractivity (Wildman–Crippen MR) is 208 cm³/mol. The number of rotatable bonds is 8. The molecule has 0 unspecified atom stereocenters. The molecule has 13 nitrogen and oxygen atoms in total. The third-order valence-electron chi connectivity index (χ3n) is 13.1. The lowest BCUT2D eigenvalue weighted by atomic mass is 9.71. The first kappa shape index (κ1) is 36.7. The highest BCUT2D eigenvalue weighted by Crippen LogP contribution is 2.62. The summed E-state index contributed by atoms with van der Waals surface area (Å²) in [6, 6.07) is 9.58. The summed E-state index contributed by atoms with van der Waals surface area (Å²) in [4.78, 5) is 32.7. The molecule has 3 aromatic carbocycles. The first-order valence-corrected chi connectivity index (χ1v) is 20.0. The van der Waals surface area contributed by atoms with Crippen molar-refractivity contribution in [3.05, 3.63) is 80.5 Å². The van der Waals surface area contributed by atoms with Crippen LogP contribution in [-0.4, -0.2) is 94.9 Å². The Kier molecular flexibility index (Phi) is 8.73. The van der Waals surface area contributed by atoms with Gasteiger partial charge in [0.2, 0.25) is 6.79 Å². The molecule has 5 aliphatic heterocycles. The number of likely N-dealkylation sites (N-methyl/N-ethyl adjacent to an activating group) is 1. The molecule has 4 N–H and O–H groups in total. The van der Waals surface area contributed by atoms with Crippen molar-refractivity contribution in [2.24, 2.45) is 0 Å². The van der Waals surface area contributed by atoms with E-state index in [9.17, 15) is 25.1 Å². The lowest BCUT2D eigenvalue weighted by Gasteiger charge is -2.61. The lowest BCUT2D eigenvalue weighted by Crippen LogP contribution is -2.69. The van der Waals surface area contributed by atoms with Gasteiger partial charge in [-0.25, -0.2) is 0 Å². The highest BCUT2D eigenvalue weighted by molar-refractivity contribution is 7.99. The summed E-state index contributed by atoms with van der Waals surface area (Å²) in [7, 11) is 3.58. The fraction of sp³-hybridized carbons (Fsp3) is 0.452. The third kappa shape index (κ3) is 5.10. The second-order valence-electron chi connectivity index (χ2n) is 16.0. The molecule has 1 aromatic heterocycles. The van der Waals surface area contributed by atoms with Crippen LogP contribution in [0.25, 0.3) is 10.9 Å². The Morgan fingerprint density at radius 2 is 1.91 bits per heavy atom. The first-order chi connectivity index (χ1) is 26.9. The molecular weight excluding hydrogens is 735 g/mol. The van der Waals surface area contributed by atoms with Crippen LogP contribution in [0.4, 0.5) is 0 Å². The van der Waals surface area contributed by atoms with E-state index in [2.05, 4.69) is 46.1 Å². The van der Waals surface area contributed by atoms with Gasteiger partial charge in [-0.15, -0.1) is 11.8 Å². The number of hydrogen-bond acceptors (Lipinski definition) is 12. The number of aliphatic carboxylic acids is 1. The van der Waals surface area contributed by atoms with E-state index in [1.807, 2.05) is 45.2 Å². The zero-order valence-corrected chi connectivity index (χ0v) is 33.0. The maximum atomic E-state index is 12.7. The molecule has 8 atom stereocenters. The number of carbonyl (C=O) groups is 2. The average molecular weight is 780 g/mol. The Balaban J connectivity index is 1.28. The number of benzene rings is 3. The van der Waals surface area contributed by atoms with Gasteiger partial charge in [-0.2, -0.15) is 5.26 Å². The fourth-order valence-electron chi connectivity index (χ4n) is 10.6. The number of nitrogens with zero attached hydrogens (tertiary/aromatic N) is 3. The number of methoxy groups -OCH3 is 1. The van der Waals surface area contributed by atoms with Gasteiger partial charge in [0.15, 0.2) is 23.0 Å². The molecule has 2 bridgehead atoms. The van der Waals surface area contributed by atoms with Crippen LogP contribution in [0.3, 0.4) is 0 Å². The zero-order valence-electron chi connectivity index (χ0n) is 32.1. The van der Waals surface area contributed by atoms with Crippen LogP contribution in [0, 0.1) is 32.1 Å². The minimum Gasteiger partial charge on any atom is -0.504 e. The van der Waals surface area contributed by atoms with Gasteiger partial charge >= 0.3 is 5.97 Å². The third-order valence-corrected chi connectivity index (χ3v) is 14.7. The van der Waals surface area contributed by atoms with Crippen LogP contribution in [0.5, 0.6) is 23.0 Å². The standard InChI is InChI=1S/C42H45N5O8S/c1-19-11-22-12-27-28(14-43)47-29(15-53-17-48)32-30(20(2)21(3)37-38(32)55-18-54-37)39(34(47)33(46(27)5)31(22)35(49)36(19)52-6)56-16-42(4)40-24(13-26(45-42)41(50)51)23-9-7-8-10-25(23)44-40/h7-11,17,26-29,33-34,39,44-45,49H,12-13,15-16,18H2,1-6H3,(H,50,51)/t26-,27+,28-,29-,33-,34+,39+,42+/m0/s1. The number of piperazine rings is 1. The fourth-order valence-corrected chi connectivity index (χ4v) is 12.3. The number of carboxylic acid groups (broad SMARTS) is 1. The number of carbonyl (C=O) groups excluding carboxylic acids is 1. The maximum Gasteiger partial charge on any atom is 0.321 e. The lowest BCUT2D eigenvalue weighted by molar-refractivity contribution is -0.140. The molecule has 0 saturated carbocycles. The van der Waals surface area contributed by atoms with Gasteiger partial charge in [0, 0.05) is 57.2 Å². The number of para-hydroxylation sites is 1. The Labute approximate surface area is 328 Å². The number of nitriles is 1. The van der Waals surface area contributed by atoms with Crippen molar-refractivity contribution < 1.29 is 38.7 Å². The van der Waals surface area contributed by atoms with Gasteiger partial charge < -0.3 is 34.1 Å². The molecule has 6 heterocycles. The molecule has 9 rings (SSSR count). The second-order valence-corrected chi connectivity index (χ2v) is 17.1. The number of aryl methyl sites for hydroxylation is 1. The van der Waals surface area contributed by atoms with Crippen molar-refractivity contribution in [3.8, 4) is 29.1 Å². The number of ether oxygens (including phenoxy) is 4. The molecular formula is C42H45N5O8S. The number of carboxylic acids is 1. The number of aromatic hydroxyl groups is 1. The van der Waals surface area contributed by atoms with Crippen LogP contribution in [0.15, 0.2) is 30.3 Å². The Morgan fingerprint density at radius 3 is 2.64 bits per heavy atom. The molecule has 56 heavy (non-hydrogen) atoms. The molecule has 0 spiro atoms. The zero-order chi connectivity index (χ0) is 39.4. The topological polar surface area (TPSA) is 170 Å². The largest absolute Gasteiger partial charge is 0.504 e.